The number of pyridine rings is 1. The second-order valence-electron chi connectivity index (χ2n) is 6.81. The monoisotopic (exact) mass is 479 g/mol. The average molecular weight is 480 g/mol. The summed E-state index contributed by atoms with van der Waals surface area (Å²) in [4.78, 5) is 27.8. The fourth-order valence-electron chi connectivity index (χ4n) is 2.58. The van der Waals surface area contributed by atoms with Gasteiger partial charge in [0, 0.05) is 19.2 Å². The van der Waals surface area contributed by atoms with E-state index in [1.54, 1.807) is 30.5 Å². The number of hydrogen-bond acceptors (Lipinski definition) is 7. The molecule has 0 saturated carbocycles. The molecule has 182 valence electrons. The Balaban J connectivity index is 0.00000265. The third-order valence-electron chi connectivity index (χ3n) is 4.33. The number of ether oxygens (including phenoxy) is 2. The standard InChI is InChI=1S/C21H27N3O6S.C2H6/c1-16-8-10-18(11-9-16)31(27,28)24-19(15-30-17-6-5-12-22-14-17)21(26)23-13-4-3-7-20(25)29-2;1-2/h5-6,8-12,14,19,24H,3-4,7,13,15H2,1-2H3,(H,23,26);1-2H3. The van der Waals surface area contributed by atoms with Crippen molar-refractivity contribution in [3.63, 3.8) is 0 Å². The minimum atomic E-state index is -3.94. The number of carbonyl (C=O) groups is 2. The van der Waals surface area contributed by atoms with Crippen LogP contribution in [0.2, 0.25) is 0 Å². The van der Waals surface area contributed by atoms with E-state index in [0.29, 0.717) is 18.6 Å². The molecule has 0 bridgehead atoms. The first-order valence-corrected chi connectivity index (χ1v) is 12.3. The van der Waals surface area contributed by atoms with Crippen LogP contribution in [0.1, 0.15) is 38.7 Å². The number of esters is 1. The Kier molecular flexibility index (Phi) is 12.7. The van der Waals surface area contributed by atoms with Crippen LogP contribution < -0.4 is 14.8 Å². The van der Waals surface area contributed by atoms with Crippen molar-refractivity contribution in [2.24, 2.45) is 0 Å². The van der Waals surface area contributed by atoms with Gasteiger partial charge in [0.25, 0.3) is 0 Å². The highest BCUT2D eigenvalue weighted by Gasteiger charge is 2.26. The molecule has 1 amide bonds. The molecule has 1 heterocycles. The summed E-state index contributed by atoms with van der Waals surface area (Å²) in [5.41, 5.74) is 0.917. The van der Waals surface area contributed by atoms with Crippen LogP contribution in [0.3, 0.4) is 0 Å². The van der Waals surface area contributed by atoms with Gasteiger partial charge >= 0.3 is 5.97 Å². The lowest BCUT2D eigenvalue weighted by molar-refractivity contribution is -0.140. The van der Waals surface area contributed by atoms with E-state index >= 15 is 0 Å². The van der Waals surface area contributed by atoms with Crippen LogP contribution in [-0.2, 0) is 24.3 Å². The van der Waals surface area contributed by atoms with Crippen molar-refractivity contribution in [3.05, 3.63) is 54.4 Å². The molecule has 2 N–H and O–H groups in total. The van der Waals surface area contributed by atoms with Gasteiger partial charge < -0.3 is 14.8 Å². The SMILES string of the molecule is CC.COC(=O)CCCCNC(=O)C(COc1cccnc1)NS(=O)(=O)c1ccc(C)cc1. The van der Waals surface area contributed by atoms with E-state index in [0.717, 1.165) is 5.56 Å². The summed E-state index contributed by atoms with van der Waals surface area (Å²) in [7, 11) is -2.63. The van der Waals surface area contributed by atoms with Crippen molar-refractivity contribution in [2.75, 3.05) is 20.3 Å². The molecule has 1 aromatic heterocycles. The fourth-order valence-corrected chi connectivity index (χ4v) is 3.76. The Hall–Kier alpha value is -2.98. The van der Waals surface area contributed by atoms with E-state index in [-0.39, 0.29) is 30.4 Å². The minimum Gasteiger partial charge on any atom is -0.490 e. The number of aryl methyl sites for hydroxylation is 1. The molecule has 1 atom stereocenters. The number of carbonyl (C=O) groups excluding carboxylic acids is 2. The molecule has 10 heteroatoms. The Labute approximate surface area is 196 Å². The van der Waals surface area contributed by atoms with Gasteiger partial charge in [-0.05, 0) is 44.0 Å². The van der Waals surface area contributed by atoms with Gasteiger partial charge in [0.2, 0.25) is 15.9 Å². The summed E-state index contributed by atoms with van der Waals surface area (Å²) in [6.45, 7) is 5.91. The molecular weight excluding hydrogens is 446 g/mol. The molecule has 0 spiro atoms. The van der Waals surface area contributed by atoms with Crippen LogP contribution in [0.15, 0.2) is 53.7 Å². The molecule has 2 rings (SSSR count). The van der Waals surface area contributed by atoms with Crippen molar-refractivity contribution >= 4 is 21.9 Å². The van der Waals surface area contributed by atoms with Gasteiger partial charge in [0.1, 0.15) is 18.4 Å². The van der Waals surface area contributed by atoms with Crippen molar-refractivity contribution in [1.29, 1.82) is 0 Å². The van der Waals surface area contributed by atoms with E-state index in [1.165, 1.54) is 25.4 Å². The lowest BCUT2D eigenvalue weighted by Crippen LogP contribution is -2.50. The number of benzene rings is 1. The Morgan fingerprint density at radius 1 is 1.09 bits per heavy atom. The molecule has 1 aromatic carbocycles. The quantitative estimate of drug-likeness (QED) is 0.354. The Morgan fingerprint density at radius 3 is 2.39 bits per heavy atom. The summed E-state index contributed by atoms with van der Waals surface area (Å²) in [6.07, 6.45) is 4.38. The molecule has 0 fully saturated rings. The molecule has 2 aromatic rings. The highest BCUT2D eigenvalue weighted by atomic mass is 32.2. The number of aromatic nitrogens is 1. The average Bonchev–Trinajstić information content (AvgIpc) is 2.83. The second-order valence-corrected chi connectivity index (χ2v) is 8.52. The molecule has 0 aliphatic carbocycles. The molecule has 0 aliphatic rings. The third-order valence-corrected chi connectivity index (χ3v) is 5.82. The predicted octanol–water partition coefficient (Wildman–Crippen LogP) is 2.60. The lowest BCUT2D eigenvalue weighted by Gasteiger charge is -2.19. The number of nitrogens with zero attached hydrogens (tertiary/aromatic N) is 1. The Bertz CT molecular complexity index is 950. The van der Waals surface area contributed by atoms with Crippen molar-refractivity contribution in [3.8, 4) is 5.75 Å². The first-order chi connectivity index (χ1) is 15.8. The van der Waals surface area contributed by atoms with Gasteiger partial charge in [-0.3, -0.25) is 14.6 Å². The van der Waals surface area contributed by atoms with Crippen LogP contribution in [0.25, 0.3) is 0 Å². The second kappa shape index (κ2) is 15.0. The van der Waals surface area contributed by atoms with Crippen molar-refractivity contribution in [2.45, 2.75) is 51.0 Å². The van der Waals surface area contributed by atoms with Crippen LogP contribution in [0.5, 0.6) is 5.75 Å². The largest absolute Gasteiger partial charge is 0.490 e. The van der Waals surface area contributed by atoms with E-state index in [4.69, 9.17) is 4.74 Å². The third kappa shape index (κ3) is 10.5. The molecule has 0 aliphatic heterocycles. The van der Waals surface area contributed by atoms with Gasteiger partial charge in [0.05, 0.1) is 18.2 Å². The Morgan fingerprint density at radius 2 is 1.79 bits per heavy atom. The zero-order valence-corrected chi connectivity index (χ0v) is 20.4. The fraction of sp³-hybridized carbons (Fsp3) is 0.435. The zero-order chi connectivity index (χ0) is 24.7. The number of hydrogen-bond donors (Lipinski definition) is 2. The van der Waals surface area contributed by atoms with Crippen molar-refractivity contribution in [1.82, 2.24) is 15.0 Å². The van der Waals surface area contributed by atoms with Crippen LogP contribution in [0.4, 0.5) is 0 Å². The van der Waals surface area contributed by atoms with Gasteiger partial charge in [-0.2, -0.15) is 4.72 Å². The maximum atomic E-state index is 12.7. The number of sulfonamides is 1. The molecule has 9 nitrogen and oxygen atoms in total. The summed E-state index contributed by atoms with van der Waals surface area (Å²) in [6, 6.07) is 8.47. The topological polar surface area (TPSA) is 124 Å². The van der Waals surface area contributed by atoms with Gasteiger partial charge in [0.15, 0.2) is 0 Å². The van der Waals surface area contributed by atoms with Crippen LogP contribution in [0, 0.1) is 6.92 Å². The summed E-state index contributed by atoms with van der Waals surface area (Å²) < 4.78 is 38.0. The van der Waals surface area contributed by atoms with E-state index in [2.05, 4.69) is 19.8 Å². The molecule has 1 unspecified atom stereocenters. The van der Waals surface area contributed by atoms with Crippen LogP contribution in [-0.4, -0.2) is 51.6 Å². The maximum absolute atomic E-state index is 12.7. The molecule has 0 radical (unpaired) electrons. The molecular formula is C23H33N3O6S. The summed E-state index contributed by atoms with van der Waals surface area (Å²) in [5.74, 6) is -0.439. The number of rotatable bonds is 12. The number of amides is 1. The highest BCUT2D eigenvalue weighted by molar-refractivity contribution is 7.89. The molecule has 33 heavy (non-hydrogen) atoms. The smallest absolute Gasteiger partial charge is 0.305 e. The normalized spacial score (nSPS) is 11.5. The van der Waals surface area contributed by atoms with E-state index in [1.807, 2.05) is 20.8 Å². The summed E-state index contributed by atoms with van der Waals surface area (Å²) >= 11 is 0. The predicted molar refractivity (Wildman–Crippen MR) is 125 cm³/mol. The van der Waals surface area contributed by atoms with Gasteiger partial charge in [-0.1, -0.05) is 31.5 Å². The molecule has 0 saturated heterocycles. The first-order valence-electron chi connectivity index (χ1n) is 10.8. The zero-order valence-electron chi connectivity index (χ0n) is 19.5. The minimum absolute atomic E-state index is 0.0513. The van der Waals surface area contributed by atoms with Crippen molar-refractivity contribution < 1.29 is 27.5 Å². The number of methoxy groups -OCH3 is 1. The maximum Gasteiger partial charge on any atom is 0.305 e. The number of unbranched alkanes of at least 4 members (excludes halogenated alkanes) is 1. The highest BCUT2D eigenvalue weighted by Crippen LogP contribution is 2.12. The van der Waals surface area contributed by atoms with E-state index in [9.17, 15) is 18.0 Å². The summed E-state index contributed by atoms with van der Waals surface area (Å²) in [5, 5.41) is 2.68. The van der Waals surface area contributed by atoms with Gasteiger partial charge in [-0.15, -0.1) is 0 Å². The number of nitrogens with one attached hydrogen (secondary N) is 2. The van der Waals surface area contributed by atoms with Crippen LogP contribution >= 0.6 is 0 Å². The first kappa shape index (κ1) is 28.1. The van der Waals surface area contributed by atoms with Gasteiger partial charge in [-0.25, -0.2) is 8.42 Å². The van der Waals surface area contributed by atoms with E-state index < -0.39 is 22.0 Å². The lowest BCUT2D eigenvalue weighted by atomic mass is 10.2.